The maximum Gasteiger partial charge on any atom is 0.236 e. The summed E-state index contributed by atoms with van der Waals surface area (Å²) in [6.45, 7) is 0.681. The number of benzene rings is 1. The second-order valence-electron chi connectivity index (χ2n) is 4.41. The van der Waals surface area contributed by atoms with Crippen LogP contribution in [0.4, 0.5) is 0 Å². The highest BCUT2D eigenvalue weighted by molar-refractivity contribution is 7.92. The summed E-state index contributed by atoms with van der Waals surface area (Å²) in [5, 5.41) is 10.7. The fourth-order valence-electron chi connectivity index (χ4n) is 1.97. The predicted molar refractivity (Wildman–Crippen MR) is 71.2 cm³/mol. The number of hydrogen-bond donors (Lipinski definition) is 1. The van der Waals surface area contributed by atoms with Gasteiger partial charge in [-0.1, -0.05) is 30.3 Å². The first-order valence-electron chi connectivity index (χ1n) is 5.99. The molecule has 1 aromatic carbocycles. The zero-order chi connectivity index (χ0) is 13.0. The van der Waals surface area contributed by atoms with Crippen LogP contribution >= 0.6 is 0 Å². The van der Waals surface area contributed by atoms with Crippen molar-refractivity contribution in [2.75, 3.05) is 13.1 Å². The lowest BCUT2D eigenvalue weighted by atomic mass is 10.1. The molecule has 18 heavy (non-hydrogen) atoms. The molecule has 0 aromatic heterocycles. The average Bonchev–Trinajstić information content (AvgIpc) is 2.38. The summed E-state index contributed by atoms with van der Waals surface area (Å²) in [4.78, 5) is 0. The lowest BCUT2D eigenvalue weighted by Crippen LogP contribution is -2.41. The van der Waals surface area contributed by atoms with E-state index in [1.54, 1.807) is 6.08 Å². The molecule has 5 heteroatoms. The summed E-state index contributed by atoms with van der Waals surface area (Å²) in [7, 11) is -3.42. The summed E-state index contributed by atoms with van der Waals surface area (Å²) in [6.07, 6.45) is 2.42. The van der Waals surface area contributed by atoms with Gasteiger partial charge in [0.2, 0.25) is 10.0 Å². The van der Waals surface area contributed by atoms with Crippen molar-refractivity contribution in [3.63, 3.8) is 0 Å². The molecule has 1 unspecified atom stereocenters. The van der Waals surface area contributed by atoms with E-state index in [2.05, 4.69) is 0 Å². The minimum Gasteiger partial charge on any atom is -0.392 e. The van der Waals surface area contributed by atoms with Gasteiger partial charge in [0.25, 0.3) is 0 Å². The zero-order valence-electron chi connectivity index (χ0n) is 10.1. The fraction of sp³-hybridized carbons (Fsp3) is 0.385. The van der Waals surface area contributed by atoms with Crippen LogP contribution in [0, 0.1) is 0 Å². The van der Waals surface area contributed by atoms with Crippen LogP contribution in [0.1, 0.15) is 18.4 Å². The highest BCUT2D eigenvalue weighted by Crippen LogP contribution is 2.15. The summed E-state index contributed by atoms with van der Waals surface area (Å²) < 4.78 is 25.4. The van der Waals surface area contributed by atoms with Crippen molar-refractivity contribution < 1.29 is 13.5 Å². The summed E-state index contributed by atoms with van der Waals surface area (Å²) in [5.74, 6) is 0. The van der Waals surface area contributed by atoms with Gasteiger partial charge in [-0.3, -0.25) is 0 Å². The second kappa shape index (κ2) is 5.65. The van der Waals surface area contributed by atoms with Crippen molar-refractivity contribution in [1.29, 1.82) is 0 Å². The van der Waals surface area contributed by atoms with E-state index in [9.17, 15) is 13.5 Å². The normalized spacial score (nSPS) is 22.4. The van der Waals surface area contributed by atoms with Crippen LogP contribution in [-0.4, -0.2) is 37.0 Å². The van der Waals surface area contributed by atoms with Crippen molar-refractivity contribution >= 4 is 16.1 Å². The van der Waals surface area contributed by atoms with Gasteiger partial charge in [0.15, 0.2) is 0 Å². The molecule has 2 rings (SSSR count). The molecular formula is C13H17NO3S. The molecule has 0 amide bonds. The van der Waals surface area contributed by atoms with Gasteiger partial charge < -0.3 is 5.11 Å². The van der Waals surface area contributed by atoms with Gasteiger partial charge in [-0.25, -0.2) is 8.42 Å². The third-order valence-corrected chi connectivity index (χ3v) is 4.48. The molecular weight excluding hydrogens is 250 g/mol. The van der Waals surface area contributed by atoms with Crippen molar-refractivity contribution in [2.45, 2.75) is 18.9 Å². The number of β-amino-alcohol motifs (C(OH)–C–C–N with tert-alkyl or cyclic N) is 1. The van der Waals surface area contributed by atoms with Gasteiger partial charge in [-0.2, -0.15) is 4.31 Å². The molecule has 0 saturated carbocycles. The van der Waals surface area contributed by atoms with E-state index in [-0.39, 0.29) is 6.54 Å². The third kappa shape index (κ3) is 3.41. The quantitative estimate of drug-likeness (QED) is 0.901. The van der Waals surface area contributed by atoms with Gasteiger partial charge in [0, 0.05) is 18.5 Å². The summed E-state index contributed by atoms with van der Waals surface area (Å²) in [6, 6.07) is 9.29. The van der Waals surface area contributed by atoms with E-state index in [0.717, 1.165) is 5.56 Å². The minimum absolute atomic E-state index is 0.196. The van der Waals surface area contributed by atoms with Crippen molar-refractivity contribution in [3.05, 3.63) is 41.3 Å². The van der Waals surface area contributed by atoms with E-state index >= 15 is 0 Å². The number of sulfonamides is 1. The highest BCUT2D eigenvalue weighted by atomic mass is 32.2. The Bertz CT molecular complexity index is 510. The highest BCUT2D eigenvalue weighted by Gasteiger charge is 2.25. The van der Waals surface area contributed by atoms with E-state index in [1.807, 2.05) is 30.3 Å². The van der Waals surface area contributed by atoms with E-state index in [0.29, 0.717) is 19.4 Å². The van der Waals surface area contributed by atoms with E-state index in [1.165, 1.54) is 9.71 Å². The molecule has 1 N–H and O–H groups in total. The van der Waals surface area contributed by atoms with Crippen LogP contribution in [0.5, 0.6) is 0 Å². The van der Waals surface area contributed by atoms with Gasteiger partial charge in [0.05, 0.1) is 6.10 Å². The van der Waals surface area contributed by atoms with Crippen molar-refractivity contribution in [1.82, 2.24) is 4.31 Å². The summed E-state index contributed by atoms with van der Waals surface area (Å²) >= 11 is 0. The molecule has 0 aliphatic carbocycles. The van der Waals surface area contributed by atoms with Crippen LogP contribution in [0.15, 0.2) is 35.7 Å². The first-order valence-corrected chi connectivity index (χ1v) is 7.49. The average molecular weight is 267 g/mol. The number of rotatable bonds is 3. The monoisotopic (exact) mass is 267 g/mol. The Balaban J connectivity index is 2.09. The third-order valence-electron chi connectivity index (χ3n) is 2.95. The number of aliphatic hydroxyl groups excluding tert-OH is 1. The Morgan fingerprint density at radius 2 is 2.00 bits per heavy atom. The standard InChI is InChI=1S/C13H17NO3S/c15-13-7-4-9-14(11-13)18(16,17)10-8-12-5-2-1-3-6-12/h1-3,5-6,8,10,13,15H,4,7,9,11H2/b10-8+. The molecule has 1 saturated heterocycles. The Morgan fingerprint density at radius 1 is 1.28 bits per heavy atom. The molecule has 1 fully saturated rings. The molecule has 0 bridgehead atoms. The molecule has 1 aliphatic rings. The largest absolute Gasteiger partial charge is 0.392 e. The lowest BCUT2D eigenvalue weighted by Gasteiger charge is -2.27. The first kappa shape index (κ1) is 13.3. The minimum atomic E-state index is -3.42. The van der Waals surface area contributed by atoms with Crippen molar-refractivity contribution in [2.24, 2.45) is 0 Å². The van der Waals surface area contributed by atoms with Gasteiger partial charge >= 0.3 is 0 Å². The topological polar surface area (TPSA) is 57.6 Å². The molecule has 0 radical (unpaired) electrons. The van der Waals surface area contributed by atoms with Crippen molar-refractivity contribution in [3.8, 4) is 0 Å². The number of hydrogen-bond acceptors (Lipinski definition) is 3. The Kier molecular flexibility index (Phi) is 4.16. The molecule has 1 heterocycles. The van der Waals surface area contributed by atoms with E-state index < -0.39 is 16.1 Å². The Labute approximate surface area is 108 Å². The zero-order valence-corrected chi connectivity index (χ0v) is 10.9. The maximum atomic E-state index is 12.0. The first-order chi connectivity index (χ1) is 8.58. The summed E-state index contributed by atoms with van der Waals surface area (Å²) in [5.41, 5.74) is 0.846. The predicted octanol–water partition coefficient (Wildman–Crippen LogP) is 1.44. The van der Waals surface area contributed by atoms with Crippen LogP contribution in [0.25, 0.3) is 6.08 Å². The second-order valence-corrected chi connectivity index (χ2v) is 6.23. The van der Waals surface area contributed by atoms with Crippen LogP contribution in [0.2, 0.25) is 0 Å². The fourth-order valence-corrected chi connectivity index (χ4v) is 3.23. The van der Waals surface area contributed by atoms with Gasteiger partial charge in [-0.15, -0.1) is 0 Å². The molecule has 1 aliphatic heterocycles. The number of piperidine rings is 1. The lowest BCUT2D eigenvalue weighted by molar-refractivity contribution is 0.108. The molecule has 4 nitrogen and oxygen atoms in total. The number of nitrogens with zero attached hydrogens (tertiary/aromatic N) is 1. The Hall–Kier alpha value is -1.17. The number of aliphatic hydroxyl groups is 1. The Morgan fingerprint density at radius 3 is 2.67 bits per heavy atom. The molecule has 0 spiro atoms. The van der Waals surface area contributed by atoms with Crippen LogP contribution in [-0.2, 0) is 10.0 Å². The van der Waals surface area contributed by atoms with Gasteiger partial charge in [0.1, 0.15) is 0 Å². The maximum absolute atomic E-state index is 12.0. The van der Waals surface area contributed by atoms with E-state index in [4.69, 9.17) is 0 Å². The smallest absolute Gasteiger partial charge is 0.236 e. The SMILES string of the molecule is O=S(=O)(/C=C/c1ccccc1)N1CCCC(O)C1. The van der Waals surface area contributed by atoms with Crippen LogP contribution in [0.3, 0.4) is 0 Å². The molecule has 1 aromatic rings. The molecule has 98 valence electrons. The van der Waals surface area contributed by atoms with Crippen LogP contribution < -0.4 is 0 Å². The molecule has 1 atom stereocenters. The van der Waals surface area contributed by atoms with Gasteiger partial charge in [-0.05, 0) is 24.5 Å².